The van der Waals surface area contributed by atoms with E-state index in [0.29, 0.717) is 18.0 Å². The van der Waals surface area contributed by atoms with Crippen LogP contribution in [0.4, 0.5) is 17.1 Å². The van der Waals surface area contributed by atoms with Gasteiger partial charge in [0, 0.05) is 6.07 Å². The molecule has 2 aliphatic rings. The van der Waals surface area contributed by atoms with Gasteiger partial charge in [-0.15, -0.1) is 0 Å². The molecule has 4 aromatic rings. The molecule has 4 aromatic carbocycles. The lowest BCUT2D eigenvalue weighted by Gasteiger charge is -2.28. The summed E-state index contributed by atoms with van der Waals surface area (Å²) < 4.78 is 5.92. The van der Waals surface area contributed by atoms with Crippen LogP contribution < -0.4 is 14.7 Å². The molecule has 200 valence electrons. The maximum Gasteiger partial charge on any atom is 0.289 e. The van der Waals surface area contributed by atoms with Gasteiger partial charge in [0.25, 0.3) is 11.6 Å². The number of amides is 2. The fourth-order valence-electron chi connectivity index (χ4n) is 5.09. The maximum atomic E-state index is 13.8. The van der Waals surface area contributed by atoms with Crippen LogP contribution in [0.3, 0.4) is 0 Å². The lowest BCUT2D eigenvalue weighted by molar-refractivity contribution is -0.384. The molecule has 2 fully saturated rings. The maximum absolute atomic E-state index is 13.8. The van der Waals surface area contributed by atoms with Crippen molar-refractivity contribution in [1.29, 1.82) is 0 Å². The molecule has 9 nitrogen and oxygen atoms in total. The number of benzene rings is 4. The van der Waals surface area contributed by atoms with Gasteiger partial charge < -0.3 is 4.74 Å². The summed E-state index contributed by atoms with van der Waals surface area (Å²) in [5.41, 5.74) is 2.13. The summed E-state index contributed by atoms with van der Waals surface area (Å²) in [6, 6.07) is 29.5. The largest absolute Gasteiger partial charge is 0.489 e. The zero-order valence-electron chi connectivity index (χ0n) is 20.9. The van der Waals surface area contributed by atoms with Gasteiger partial charge in [0.15, 0.2) is 6.10 Å². The van der Waals surface area contributed by atoms with Crippen molar-refractivity contribution in [3.8, 4) is 5.75 Å². The van der Waals surface area contributed by atoms with Crippen LogP contribution in [0.15, 0.2) is 103 Å². The molecular formula is C30H22ClN3O6. The molecule has 2 amide bonds. The molecule has 0 aromatic heterocycles. The number of hydrogen-bond acceptors (Lipinski definition) is 7. The number of fused-ring (bicyclic) bond motifs is 1. The van der Waals surface area contributed by atoms with Gasteiger partial charge >= 0.3 is 0 Å². The fraction of sp³-hybridized carbons (Fsp3) is 0.133. The highest BCUT2D eigenvalue weighted by Crippen LogP contribution is 2.48. The molecule has 6 rings (SSSR count). The molecule has 40 heavy (non-hydrogen) atoms. The molecule has 2 heterocycles. The van der Waals surface area contributed by atoms with Gasteiger partial charge in [0.2, 0.25) is 5.91 Å². The van der Waals surface area contributed by atoms with Crippen molar-refractivity contribution in [2.45, 2.75) is 18.8 Å². The molecule has 0 N–H and O–H groups in total. The summed E-state index contributed by atoms with van der Waals surface area (Å²) >= 11 is 5.95. The summed E-state index contributed by atoms with van der Waals surface area (Å²) in [5.74, 6) is -1.35. The quantitative estimate of drug-likeness (QED) is 0.159. The molecule has 0 aliphatic carbocycles. The molecule has 0 radical (unpaired) electrons. The number of nitrogens with zero attached hydrogens (tertiary/aromatic N) is 3. The van der Waals surface area contributed by atoms with E-state index >= 15 is 0 Å². The molecular weight excluding hydrogens is 534 g/mol. The number of nitro benzene ring substituents is 1. The van der Waals surface area contributed by atoms with Crippen LogP contribution in [0.25, 0.3) is 0 Å². The van der Waals surface area contributed by atoms with Crippen LogP contribution in [0.1, 0.15) is 17.2 Å². The lowest BCUT2D eigenvalue weighted by Crippen LogP contribution is -2.37. The average molecular weight is 556 g/mol. The van der Waals surface area contributed by atoms with Gasteiger partial charge in [-0.25, -0.2) is 9.96 Å². The highest BCUT2D eigenvalue weighted by atomic mass is 35.5. The summed E-state index contributed by atoms with van der Waals surface area (Å²) in [4.78, 5) is 45.2. The van der Waals surface area contributed by atoms with E-state index in [1.807, 2.05) is 84.9 Å². The molecule has 0 spiro atoms. The number of ether oxygens (including phenoxy) is 1. The first kappa shape index (κ1) is 25.5. The summed E-state index contributed by atoms with van der Waals surface area (Å²) in [6.07, 6.45) is -1.11. The summed E-state index contributed by atoms with van der Waals surface area (Å²) in [7, 11) is 0. The van der Waals surface area contributed by atoms with Crippen molar-refractivity contribution < 1.29 is 24.1 Å². The normalized spacial score (nSPS) is 20.1. The highest BCUT2D eigenvalue weighted by molar-refractivity contribution is 6.33. The summed E-state index contributed by atoms with van der Waals surface area (Å²) in [6.45, 7) is 0.405. The van der Waals surface area contributed by atoms with Crippen LogP contribution in [0, 0.1) is 16.0 Å². The van der Waals surface area contributed by atoms with Crippen LogP contribution in [-0.2, 0) is 21.0 Å². The zero-order valence-corrected chi connectivity index (χ0v) is 21.7. The first-order valence-corrected chi connectivity index (χ1v) is 12.9. The van der Waals surface area contributed by atoms with Crippen molar-refractivity contribution in [3.63, 3.8) is 0 Å². The van der Waals surface area contributed by atoms with Crippen molar-refractivity contribution in [1.82, 2.24) is 0 Å². The minimum Gasteiger partial charge on any atom is -0.489 e. The van der Waals surface area contributed by atoms with Gasteiger partial charge in [-0.2, -0.15) is 0 Å². The lowest BCUT2D eigenvalue weighted by atomic mass is 9.90. The second-order valence-corrected chi connectivity index (χ2v) is 9.81. The van der Waals surface area contributed by atoms with Crippen LogP contribution >= 0.6 is 11.6 Å². The Labute approximate surface area is 234 Å². The number of hydrogen-bond donors (Lipinski definition) is 0. The van der Waals surface area contributed by atoms with E-state index in [4.69, 9.17) is 21.2 Å². The first-order valence-electron chi connectivity index (χ1n) is 12.5. The molecule has 0 bridgehead atoms. The third-order valence-electron chi connectivity index (χ3n) is 6.98. The van der Waals surface area contributed by atoms with Crippen molar-refractivity contribution in [2.75, 3.05) is 9.96 Å². The van der Waals surface area contributed by atoms with Gasteiger partial charge in [-0.3, -0.25) is 24.5 Å². The standard InChI is InChI=1S/C30H22ClN3O6/c31-24-16-13-22(17-25(24)34(37)38)32-29(35)26-27(33(40-28(26)30(32)36)21-9-5-2-6-10-21)20-11-14-23(15-12-20)39-18-19-7-3-1-4-8-19/h1-17,26-28H,18H2/t26-,27+,28-/m1/s1. The Kier molecular flexibility index (Phi) is 6.67. The molecule has 2 aliphatic heterocycles. The number of nitro groups is 1. The number of carbonyl (C=O) groups excluding carboxylic acids is 2. The second kappa shape index (κ2) is 10.4. The topological polar surface area (TPSA) is 102 Å². The number of halogens is 1. The highest BCUT2D eigenvalue weighted by Gasteiger charge is 2.60. The van der Waals surface area contributed by atoms with Gasteiger partial charge in [-0.1, -0.05) is 72.3 Å². The van der Waals surface area contributed by atoms with E-state index in [1.165, 1.54) is 12.1 Å². The van der Waals surface area contributed by atoms with Crippen LogP contribution in [0.2, 0.25) is 5.02 Å². The monoisotopic (exact) mass is 555 g/mol. The second-order valence-electron chi connectivity index (χ2n) is 9.41. The zero-order chi connectivity index (χ0) is 27.8. The van der Waals surface area contributed by atoms with E-state index in [9.17, 15) is 19.7 Å². The Morgan fingerprint density at radius 2 is 1.52 bits per heavy atom. The Hall–Kier alpha value is -4.73. The van der Waals surface area contributed by atoms with E-state index in [0.717, 1.165) is 22.1 Å². The number of imide groups is 1. The van der Waals surface area contributed by atoms with E-state index in [2.05, 4.69) is 0 Å². The van der Waals surface area contributed by atoms with Gasteiger partial charge in [0.1, 0.15) is 23.3 Å². The fourth-order valence-corrected chi connectivity index (χ4v) is 5.28. The van der Waals surface area contributed by atoms with Crippen molar-refractivity contribution in [3.05, 3.63) is 129 Å². The molecule has 10 heteroatoms. The Morgan fingerprint density at radius 1 is 0.850 bits per heavy atom. The predicted octanol–water partition coefficient (Wildman–Crippen LogP) is 5.88. The molecule has 0 unspecified atom stereocenters. The number of hydroxylamine groups is 1. The number of para-hydroxylation sites is 1. The number of anilines is 2. The molecule has 3 atom stereocenters. The van der Waals surface area contributed by atoms with E-state index < -0.39 is 40.5 Å². The van der Waals surface area contributed by atoms with Crippen LogP contribution in [0.5, 0.6) is 5.75 Å². The Bertz CT molecular complexity index is 1580. The van der Waals surface area contributed by atoms with Crippen molar-refractivity contribution >= 4 is 40.5 Å². The Balaban J connectivity index is 1.32. The number of carbonyl (C=O) groups is 2. The van der Waals surface area contributed by atoms with E-state index in [1.54, 1.807) is 5.06 Å². The Morgan fingerprint density at radius 3 is 2.20 bits per heavy atom. The first-order chi connectivity index (χ1) is 19.4. The van der Waals surface area contributed by atoms with Crippen molar-refractivity contribution in [2.24, 2.45) is 5.92 Å². The predicted molar refractivity (Wildman–Crippen MR) is 148 cm³/mol. The molecule has 2 saturated heterocycles. The minimum atomic E-state index is -1.11. The molecule has 0 saturated carbocycles. The SMILES string of the molecule is O=C1[C@H]2[C@@H](ON(c3ccccc3)[C@H]2c2ccc(OCc3ccccc3)cc2)C(=O)N1c1ccc(Cl)c([N+](=O)[O-])c1. The summed E-state index contributed by atoms with van der Waals surface area (Å²) in [5, 5.41) is 12.9. The average Bonchev–Trinajstić information content (AvgIpc) is 3.49. The smallest absolute Gasteiger partial charge is 0.289 e. The number of rotatable bonds is 7. The van der Waals surface area contributed by atoms with Crippen LogP contribution in [-0.4, -0.2) is 22.8 Å². The van der Waals surface area contributed by atoms with Gasteiger partial charge in [-0.05, 0) is 47.5 Å². The minimum absolute atomic E-state index is 0.0683. The van der Waals surface area contributed by atoms with Gasteiger partial charge in [0.05, 0.1) is 22.3 Å². The van der Waals surface area contributed by atoms with E-state index in [-0.39, 0.29) is 10.7 Å². The third-order valence-corrected chi connectivity index (χ3v) is 7.30. The third kappa shape index (κ3) is 4.55.